The van der Waals surface area contributed by atoms with Gasteiger partial charge in [-0.15, -0.1) is 24.0 Å². The van der Waals surface area contributed by atoms with Gasteiger partial charge in [-0.05, 0) is 29.8 Å². The zero-order valence-corrected chi connectivity index (χ0v) is 15.7. The zero-order valence-electron chi connectivity index (χ0n) is 14.1. The minimum atomic E-state index is -0.369. The summed E-state index contributed by atoms with van der Waals surface area (Å²) >= 11 is 5.68. The van der Waals surface area contributed by atoms with Crippen molar-refractivity contribution in [2.24, 2.45) is 0 Å². The predicted molar refractivity (Wildman–Crippen MR) is 102 cm³/mol. The molecule has 3 nitrogen and oxygen atoms in total. The fourth-order valence-corrected chi connectivity index (χ4v) is 3.25. The highest BCUT2D eigenvalue weighted by molar-refractivity contribution is 6.17. The minimum Gasteiger partial charge on any atom is -0.367 e. The standard InChI is InChI=1S/C19H18ClF2N3.ClH/c20-11-16-3-1-15(10-17(16)21)13-24-5-7-25(8-6-24)19-4-2-14(12-23)9-18(19)22;/h1-4,9-10H,5-8,11,13H2;1H. The molecular formula is C19H19Cl2F2N3. The summed E-state index contributed by atoms with van der Waals surface area (Å²) in [5.41, 5.74) is 2.26. The smallest absolute Gasteiger partial charge is 0.147 e. The molecule has 0 atom stereocenters. The second kappa shape index (κ2) is 9.18. The molecule has 1 fully saturated rings. The van der Waals surface area contributed by atoms with E-state index < -0.39 is 0 Å². The van der Waals surface area contributed by atoms with Gasteiger partial charge in [-0.3, -0.25) is 4.90 Å². The van der Waals surface area contributed by atoms with E-state index in [4.69, 9.17) is 16.9 Å². The van der Waals surface area contributed by atoms with Gasteiger partial charge in [0, 0.05) is 38.3 Å². The molecule has 0 aliphatic carbocycles. The molecule has 26 heavy (non-hydrogen) atoms. The second-order valence-electron chi connectivity index (χ2n) is 6.10. The van der Waals surface area contributed by atoms with Crippen LogP contribution in [-0.4, -0.2) is 31.1 Å². The van der Waals surface area contributed by atoms with Crippen molar-refractivity contribution in [2.75, 3.05) is 31.1 Å². The third-order valence-corrected chi connectivity index (χ3v) is 4.75. The van der Waals surface area contributed by atoms with E-state index in [0.717, 1.165) is 18.7 Å². The van der Waals surface area contributed by atoms with Gasteiger partial charge in [0.05, 0.1) is 23.2 Å². The number of nitriles is 1. The van der Waals surface area contributed by atoms with Gasteiger partial charge >= 0.3 is 0 Å². The van der Waals surface area contributed by atoms with Gasteiger partial charge in [-0.25, -0.2) is 8.78 Å². The molecule has 0 bridgehead atoms. The highest BCUT2D eigenvalue weighted by Gasteiger charge is 2.20. The van der Waals surface area contributed by atoms with E-state index in [2.05, 4.69) is 4.90 Å². The highest BCUT2D eigenvalue weighted by Crippen LogP contribution is 2.22. The van der Waals surface area contributed by atoms with Crippen LogP contribution in [0.4, 0.5) is 14.5 Å². The maximum atomic E-state index is 14.1. The Morgan fingerprint density at radius 2 is 1.73 bits per heavy atom. The highest BCUT2D eigenvalue weighted by atomic mass is 35.5. The van der Waals surface area contributed by atoms with Crippen molar-refractivity contribution < 1.29 is 8.78 Å². The first-order chi connectivity index (χ1) is 12.1. The van der Waals surface area contributed by atoms with Crippen LogP contribution >= 0.6 is 24.0 Å². The number of nitrogens with zero attached hydrogens (tertiary/aromatic N) is 3. The van der Waals surface area contributed by atoms with Crippen LogP contribution < -0.4 is 4.90 Å². The summed E-state index contributed by atoms with van der Waals surface area (Å²) in [6.45, 7) is 3.55. The summed E-state index contributed by atoms with van der Waals surface area (Å²) < 4.78 is 27.9. The Morgan fingerprint density at radius 3 is 2.31 bits per heavy atom. The molecule has 2 aromatic rings. The third kappa shape index (κ3) is 4.64. The number of hydrogen-bond donors (Lipinski definition) is 0. The number of benzene rings is 2. The van der Waals surface area contributed by atoms with Gasteiger partial charge in [-0.1, -0.05) is 12.1 Å². The molecular weight excluding hydrogens is 379 g/mol. The maximum Gasteiger partial charge on any atom is 0.147 e. The third-order valence-electron chi connectivity index (χ3n) is 4.46. The molecule has 0 N–H and O–H groups in total. The lowest BCUT2D eigenvalue weighted by molar-refractivity contribution is 0.249. The molecule has 0 radical (unpaired) electrons. The quantitative estimate of drug-likeness (QED) is 0.719. The van der Waals surface area contributed by atoms with E-state index in [1.165, 1.54) is 12.1 Å². The summed E-state index contributed by atoms with van der Waals surface area (Å²) in [7, 11) is 0. The first-order valence-corrected chi connectivity index (χ1v) is 8.64. The van der Waals surface area contributed by atoms with Crippen LogP contribution in [0.15, 0.2) is 36.4 Å². The molecule has 0 amide bonds. The fraction of sp³-hybridized carbons (Fsp3) is 0.316. The van der Waals surface area contributed by atoms with Crippen LogP contribution in [0, 0.1) is 23.0 Å². The lowest BCUT2D eigenvalue weighted by Crippen LogP contribution is -2.46. The Kier molecular flexibility index (Phi) is 7.22. The molecule has 2 aromatic carbocycles. The Bertz CT molecular complexity index is 800. The van der Waals surface area contributed by atoms with Crippen molar-refractivity contribution in [1.82, 2.24) is 4.90 Å². The largest absolute Gasteiger partial charge is 0.367 e. The molecule has 3 rings (SSSR count). The van der Waals surface area contributed by atoms with Gasteiger partial charge in [0.1, 0.15) is 11.6 Å². The fourth-order valence-electron chi connectivity index (χ4n) is 3.04. The first kappa shape index (κ1) is 20.4. The van der Waals surface area contributed by atoms with Gasteiger partial charge in [0.25, 0.3) is 0 Å². The monoisotopic (exact) mass is 397 g/mol. The Morgan fingerprint density at radius 1 is 1.00 bits per heavy atom. The molecule has 0 unspecified atom stereocenters. The second-order valence-corrected chi connectivity index (χ2v) is 6.37. The molecule has 0 spiro atoms. The average Bonchev–Trinajstić information content (AvgIpc) is 2.62. The minimum absolute atomic E-state index is 0. The zero-order chi connectivity index (χ0) is 17.8. The van der Waals surface area contributed by atoms with Crippen molar-refractivity contribution in [3.63, 3.8) is 0 Å². The Labute approximate surface area is 163 Å². The first-order valence-electron chi connectivity index (χ1n) is 8.11. The van der Waals surface area contributed by atoms with Crippen LogP contribution in [0.3, 0.4) is 0 Å². The van der Waals surface area contributed by atoms with Crippen LogP contribution in [0.2, 0.25) is 0 Å². The van der Waals surface area contributed by atoms with Crippen molar-refractivity contribution in [3.8, 4) is 6.07 Å². The van der Waals surface area contributed by atoms with Gasteiger partial charge in [0.15, 0.2) is 0 Å². The summed E-state index contributed by atoms with van der Waals surface area (Å²) in [6, 6.07) is 11.6. The van der Waals surface area contributed by atoms with E-state index in [-0.39, 0.29) is 29.9 Å². The van der Waals surface area contributed by atoms with E-state index >= 15 is 0 Å². The molecule has 1 saturated heterocycles. The van der Waals surface area contributed by atoms with Crippen LogP contribution in [0.5, 0.6) is 0 Å². The summed E-state index contributed by atoms with van der Waals surface area (Å²) in [5.74, 6) is -0.474. The van der Waals surface area contributed by atoms with Crippen LogP contribution in [0.25, 0.3) is 0 Å². The van der Waals surface area contributed by atoms with E-state index in [0.29, 0.717) is 36.4 Å². The number of anilines is 1. The Hall–Kier alpha value is -1.87. The molecule has 1 aliphatic heterocycles. The predicted octanol–water partition coefficient (Wildman–Crippen LogP) is 4.32. The van der Waals surface area contributed by atoms with Crippen molar-refractivity contribution in [1.29, 1.82) is 5.26 Å². The summed E-state index contributed by atoms with van der Waals surface area (Å²) in [6.07, 6.45) is 0. The molecule has 1 heterocycles. The molecule has 1 aliphatic rings. The molecule has 0 saturated carbocycles. The SMILES string of the molecule is Cl.N#Cc1ccc(N2CCN(Cc3ccc(CCl)c(F)c3)CC2)c(F)c1. The lowest BCUT2D eigenvalue weighted by atomic mass is 10.1. The molecule has 138 valence electrons. The number of halogens is 4. The maximum absolute atomic E-state index is 14.1. The Balaban J connectivity index is 0.00000243. The van der Waals surface area contributed by atoms with Crippen molar-refractivity contribution in [3.05, 3.63) is 64.7 Å². The number of piperazine rings is 1. The molecule has 0 aromatic heterocycles. The number of rotatable bonds is 4. The van der Waals surface area contributed by atoms with E-state index in [1.807, 2.05) is 17.0 Å². The van der Waals surface area contributed by atoms with Crippen LogP contribution in [0.1, 0.15) is 16.7 Å². The van der Waals surface area contributed by atoms with Crippen molar-refractivity contribution in [2.45, 2.75) is 12.4 Å². The topological polar surface area (TPSA) is 30.3 Å². The van der Waals surface area contributed by atoms with Crippen LogP contribution in [-0.2, 0) is 12.4 Å². The normalized spacial score (nSPS) is 14.6. The lowest BCUT2D eigenvalue weighted by Gasteiger charge is -2.36. The summed E-state index contributed by atoms with van der Waals surface area (Å²) in [5, 5.41) is 8.82. The van der Waals surface area contributed by atoms with Gasteiger partial charge < -0.3 is 4.90 Å². The van der Waals surface area contributed by atoms with Gasteiger partial charge in [-0.2, -0.15) is 5.26 Å². The molecule has 7 heteroatoms. The summed E-state index contributed by atoms with van der Waals surface area (Å²) in [4.78, 5) is 4.19. The number of hydrogen-bond acceptors (Lipinski definition) is 3. The number of alkyl halides is 1. The van der Waals surface area contributed by atoms with E-state index in [9.17, 15) is 8.78 Å². The van der Waals surface area contributed by atoms with Crippen molar-refractivity contribution >= 4 is 29.7 Å². The van der Waals surface area contributed by atoms with E-state index in [1.54, 1.807) is 18.2 Å². The van der Waals surface area contributed by atoms with Gasteiger partial charge in [0.2, 0.25) is 0 Å². The average molecular weight is 398 g/mol.